The quantitative estimate of drug-likeness (QED) is 0.784. The lowest BCUT2D eigenvalue weighted by Gasteiger charge is -2.29. The summed E-state index contributed by atoms with van der Waals surface area (Å²) in [5.41, 5.74) is 2.53. The number of hydrogen-bond acceptors (Lipinski definition) is 2. The van der Waals surface area contributed by atoms with E-state index in [1.807, 2.05) is 12.3 Å². The Bertz CT molecular complexity index is 399. The fourth-order valence-corrected chi connectivity index (χ4v) is 2.18. The standard InChI is InChI=1S/C13H17ClN2/c1-10(2)16-5-3-11(4-6-16)12-7-13(14)9-15-8-12/h3,7-10H,4-6H2,1-2H3. The molecule has 0 spiro atoms. The first-order valence-corrected chi connectivity index (χ1v) is 6.08. The van der Waals surface area contributed by atoms with Crippen molar-refractivity contribution in [3.8, 4) is 0 Å². The fourth-order valence-electron chi connectivity index (χ4n) is 2.00. The Morgan fingerprint density at radius 2 is 2.19 bits per heavy atom. The van der Waals surface area contributed by atoms with Gasteiger partial charge in [0.25, 0.3) is 0 Å². The van der Waals surface area contributed by atoms with Crippen molar-refractivity contribution < 1.29 is 0 Å². The van der Waals surface area contributed by atoms with Gasteiger partial charge in [-0.05, 0) is 37.5 Å². The van der Waals surface area contributed by atoms with Crippen molar-refractivity contribution in [2.24, 2.45) is 0 Å². The van der Waals surface area contributed by atoms with Gasteiger partial charge in [-0.1, -0.05) is 17.7 Å². The van der Waals surface area contributed by atoms with Gasteiger partial charge in [0, 0.05) is 31.5 Å². The highest BCUT2D eigenvalue weighted by molar-refractivity contribution is 6.30. The average molecular weight is 237 g/mol. The van der Waals surface area contributed by atoms with Gasteiger partial charge in [-0.2, -0.15) is 0 Å². The minimum atomic E-state index is 0.621. The van der Waals surface area contributed by atoms with Gasteiger partial charge in [0.05, 0.1) is 5.02 Å². The summed E-state index contributed by atoms with van der Waals surface area (Å²) in [6.07, 6.45) is 6.94. The number of pyridine rings is 1. The first-order valence-electron chi connectivity index (χ1n) is 5.71. The predicted octanol–water partition coefficient (Wildman–Crippen LogP) is 3.23. The number of nitrogens with zero attached hydrogens (tertiary/aromatic N) is 2. The molecule has 1 aliphatic rings. The zero-order chi connectivity index (χ0) is 11.5. The lowest BCUT2D eigenvalue weighted by molar-refractivity contribution is 0.245. The van der Waals surface area contributed by atoms with Gasteiger partial charge in [-0.15, -0.1) is 0 Å². The summed E-state index contributed by atoms with van der Waals surface area (Å²) in [6, 6.07) is 2.61. The third-order valence-corrected chi connectivity index (χ3v) is 3.25. The minimum Gasteiger partial charge on any atom is -0.297 e. The number of halogens is 1. The first-order chi connectivity index (χ1) is 7.66. The lowest BCUT2D eigenvalue weighted by Crippen LogP contribution is -2.34. The first kappa shape index (κ1) is 11.6. The SMILES string of the molecule is CC(C)N1CC=C(c2cncc(Cl)c2)CC1. The van der Waals surface area contributed by atoms with E-state index < -0.39 is 0 Å². The average Bonchev–Trinajstić information content (AvgIpc) is 2.29. The van der Waals surface area contributed by atoms with Crippen LogP contribution < -0.4 is 0 Å². The van der Waals surface area contributed by atoms with Crippen LogP contribution in [0.2, 0.25) is 5.02 Å². The molecule has 0 aromatic carbocycles. The Morgan fingerprint density at radius 1 is 1.38 bits per heavy atom. The molecule has 0 N–H and O–H groups in total. The van der Waals surface area contributed by atoms with E-state index in [0.717, 1.165) is 25.1 Å². The number of rotatable bonds is 2. The van der Waals surface area contributed by atoms with Crippen LogP contribution in [0.25, 0.3) is 5.57 Å². The van der Waals surface area contributed by atoms with Crippen LogP contribution in [0.1, 0.15) is 25.8 Å². The molecule has 0 saturated heterocycles. The lowest BCUT2D eigenvalue weighted by atomic mass is 10.0. The molecule has 2 heterocycles. The van der Waals surface area contributed by atoms with E-state index in [0.29, 0.717) is 11.1 Å². The van der Waals surface area contributed by atoms with Crippen LogP contribution in [0.15, 0.2) is 24.5 Å². The molecule has 0 radical (unpaired) electrons. The largest absolute Gasteiger partial charge is 0.297 e. The summed E-state index contributed by atoms with van der Waals surface area (Å²) in [6.45, 7) is 6.62. The Labute approximate surface area is 102 Å². The molecular formula is C13H17ClN2. The van der Waals surface area contributed by atoms with Crippen LogP contribution in [0.4, 0.5) is 0 Å². The third kappa shape index (κ3) is 2.63. The van der Waals surface area contributed by atoms with Crippen molar-refractivity contribution in [2.75, 3.05) is 13.1 Å². The van der Waals surface area contributed by atoms with Gasteiger partial charge in [-0.25, -0.2) is 0 Å². The van der Waals surface area contributed by atoms with Crippen LogP contribution in [-0.4, -0.2) is 29.0 Å². The monoisotopic (exact) mass is 236 g/mol. The van der Waals surface area contributed by atoms with Crippen LogP contribution in [0.3, 0.4) is 0 Å². The summed E-state index contributed by atoms with van der Waals surface area (Å²) in [4.78, 5) is 6.59. The van der Waals surface area contributed by atoms with Crippen molar-refractivity contribution in [2.45, 2.75) is 26.3 Å². The molecule has 3 heteroatoms. The van der Waals surface area contributed by atoms with Gasteiger partial charge in [-0.3, -0.25) is 9.88 Å². The third-order valence-electron chi connectivity index (χ3n) is 3.05. The Balaban J connectivity index is 2.13. The van der Waals surface area contributed by atoms with E-state index in [9.17, 15) is 0 Å². The van der Waals surface area contributed by atoms with Crippen molar-refractivity contribution in [3.05, 3.63) is 35.1 Å². The highest BCUT2D eigenvalue weighted by atomic mass is 35.5. The molecular weight excluding hydrogens is 220 g/mol. The molecule has 0 bridgehead atoms. The van der Waals surface area contributed by atoms with Gasteiger partial charge < -0.3 is 0 Å². The second kappa shape index (κ2) is 4.98. The molecule has 2 nitrogen and oxygen atoms in total. The van der Waals surface area contributed by atoms with E-state index in [1.165, 1.54) is 5.57 Å². The van der Waals surface area contributed by atoms with Crippen molar-refractivity contribution in [1.82, 2.24) is 9.88 Å². The highest BCUT2D eigenvalue weighted by Gasteiger charge is 2.15. The van der Waals surface area contributed by atoms with E-state index >= 15 is 0 Å². The van der Waals surface area contributed by atoms with Crippen LogP contribution in [-0.2, 0) is 0 Å². The zero-order valence-corrected chi connectivity index (χ0v) is 10.5. The second-order valence-electron chi connectivity index (χ2n) is 4.46. The molecule has 0 atom stereocenters. The van der Waals surface area contributed by atoms with E-state index in [4.69, 9.17) is 11.6 Å². The molecule has 86 valence electrons. The molecule has 0 aliphatic carbocycles. The summed E-state index contributed by atoms with van der Waals surface area (Å²) in [5, 5.41) is 0.713. The summed E-state index contributed by atoms with van der Waals surface area (Å²) >= 11 is 5.94. The van der Waals surface area contributed by atoms with Crippen molar-refractivity contribution in [1.29, 1.82) is 0 Å². The smallest absolute Gasteiger partial charge is 0.0595 e. The summed E-state index contributed by atoms with van der Waals surface area (Å²) < 4.78 is 0. The molecule has 0 unspecified atom stereocenters. The van der Waals surface area contributed by atoms with Crippen molar-refractivity contribution >= 4 is 17.2 Å². The normalized spacial score (nSPS) is 17.6. The minimum absolute atomic E-state index is 0.621. The number of aromatic nitrogens is 1. The predicted molar refractivity (Wildman–Crippen MR) is 68.6 cm³/mol. The van der Waals surface area contributed by atoms with E-state index in [1.54, 1.807) is 6.20 Å². The van der Waals surface area contributed by atoms with Gasteiger partial charge in [0.1, 0.15) is 0 Å². The van der Waals surface area contributed by atoms with Gasteiger partial charge in [0.15, 0.2) is 0 Å². The van der Waals surface area contributed by atoms with Crippen LogP contribution in [0, 0.1) is 0 Å². The fraction of sp³-hybridized carbons (Fsp3) is 0.462. The highest BCUT2D eigenvalue weighted by Crippen LogP contribution is 2.24. The summed E-state index contributed by atoms with van der Waals surface area (Å²) in [5.74, 6) is 0. The Morgan fingerprint density at radius 3 is 2.75 bits per heavy atom. The van der Waals surface area contributed by atoms with Gasteiger partial charge in [0.2, 0.25) is 0 Å². The van der Waals surface area contributed by atoms with Crippen molar-refractivity contribution in [3.63, 3.8) is 0 Å². The maximum atomic E-state index is 5.94. The molecule has 0 fully saturated rings. The number of hydrogen-bond donors (Lipinski definition) is 0. The molecule has 0 saturated carbocycles. The topological polar surface area (TPSA) is 16.1 Å². The molecule has 16 heavy (non-hydrogen) atoms. The summed E-state index contributed by atoms with van der Waals surface area (Å²) in [7, 11) is 0. The molecule has 0 amide bonds. The molecule has 1 aromatic heterocycles. The van der Waals surface area contributed by atoms with E-state index in [2.05, 4.69) is 29.8 Å². The molecule has 2 rings (SSSR count). The second-order valence-corrected chi connectivity index (χ2v) is 4.90. The Kier molecular flexibility index (Phi) is 3.62. The molecule has 1 aliphatic heterocycles. The maximum Gasteiger partial charge on any atom is 0.0595 e. The van der Waals surface area contributed by atoms with Crippen LogP contribution >= 0.6 is 11.6 Å². The van der Waals surface area contributed by atoms with Gasteiger partial charge >= 0.3 is 0 Å². The zero-order valence-electron chi connectivity index (χ0n) is 9.78. The molecule has 1 aromatic rings. The van der Waals surface area contributed by atoms with E-state index in [-0.39, 0.29) is 0 Å². The Hall–Kier alpha value is -0.860. The van der Waals surface area contributed by atoms with Crippen LogP contribution in [0.5, 0.6) is 0 Å². The maximum absolute atomic E-state index is 5.94.